The van der Waals surface area contributed by atoms with Gasteiger partial charge in [0.1, 0.15) is 0 Å². The largest absolute Gasteiger partial charge is 0.311 e. The van der Waals surface area contributed by atoms with Gasteiger partial charge in [-0.1, -0.05) is 6.08 Å². The van der Waals surface area contributed by atoms with Gasteiger partial charge in [-0.05, 0) is 30.5 Å². The number of allylic oxidation sites excluding steroid dienone is 1. The molecule has 0 spiro atoms. The number of hydrogen-bond acceptors (Lipinski definition) is 2. The van der Waals surface area contributed by atoms with Gasteiger partial charge < -0.3 is 5.32 Å². The van der Waals surface area contributed by atoms with Gasteiger partial charge >= 0.3 is 0 Å². The molecule has 0 aromatic carbocycles. The van der Waals surface area contributed by atoms with Gasteiger partial charge in [0.25, 0.3) is 0 Å². The summed E-state index contributed by atoms with van der Waals surface area (Å²) >= 11 is 5.06. The first-order valence-corrected chi connectivity index (χ1v) is 3.76. The fourth-order valence-corrected chi connectivity index (χ4v) is 0.763. The van der Waals surface area contributed by atoms with Gasteiger partial charge in [-0.15, -0.1) is 0 Å². The molecular formula is C7H10ClNO. The van der Waals surface area contributed by atoms with E-state index < -0.39 is 5.24 Å². The third kappa shape index (κ3) is 3.64. The number of halogens is 1. The maximum atomic E-state index is 10.2. The van der Waals surface area contributed by atoms with Crippen LogP contribution < -0.4 is 5.32 Å². The molecule has 1 saturated carbocycles. The molecule has 0 bridgehead atoms. The molecule has 2 nitrogen and oxygen atoms in total. The van der Waals surface area contributed by atoms with Crippen molar-refractivity contribution in [3.63, 3.8) is 0 Å². The zero-order chi connectivity index (χ0) is 7.40. The predicted molar refractivity (Wildman–Crippen MR) is 41.0 cm³/mol. The topological polar surface area (TPSA) is 29.1 Å². The number of carbonyl (C=O) groups excluding carboxylic acids is 1. The molecule has 1 N–H and O–H groups in total. The normalized spacial score (nSPS) is 18.1. The van der Waals surface area contributed by atoms with Crippen molar-refractivity contribution in [2.45, 2.75) is 18.9 Å². The molecule has 3 heteroatoms. The molecule has 0 heterocycles. The molecule has 0 aromatic heterocycles. The Morgan fingerprint density at radius 3 is 2.90 bits per heavy atom. The van der Waals surface area contributed by atoms with E-state index in [1.54, 1.807) is 6.08 Å². The first-order chi connectivity index (χ1) is 4.79. The van der Waals surface area contributed by atoms with Crippen LogP contribution in [0.5, 0.6) is 0 Å². The summed E-state index contributed by atoms with van der Waals surface area (Å²) in [7, 11) is 0. The van der Waals surface area contributed by atoms with Crippen LogP contribution in [-0.4, -0.2) is 17.8 Å². The number of rotatable bonds is 4. The van der Waals surface area contributed by atoms with Crippen molar-refractivity contribution < 1.29 is 4.79 Å². The zero-order valence-electron chi connectivity index (χ0n) is 5.64. The SMILES string of the molecule is O=C(Cl)/C=C/CNC1CC1. The second-order valence-electron chi connectivity index (χ2n) is 2.39. The van der Waals surface area contributed by atoms with E-state index in [4.69, 9.17) is 11.6 Å². The molecule has 0 unspecified atom stereocenters. The van der Waals surface area contributed by atoms with E-state index >= 15 is 0 Å². The average Bonchev–Trinajstić information content (AvgIpc) is 2.62. The van der Waals surface area contributed by atoms with Crippen LogP contribution in [0.4, 0.5) is 0 Å². The minimum atomic E-state index is -0.405. The Hall–Kier alpha value is -0.340. The lowest BCUT2D eigenvalue weighted by molar-refractivity contribution is -0.107. The van der Waals surface area contributed by atoms with Crippen molar-refractivity contribution in [1.29, 1.82) is 0 Å². The Morgan fingerprint density at radius 1 is 1.70 bits per heavy atom. The number of hydrogen-bond donors (Lipinski definition) is 1. The minimum Gasteiger partial charge on any atom is -0.311 e. The van der Waals surface area contributed by atoms with Crippen molar-refractivity contribution >= 4 is 16.8 Å². The van der Waals surface area contributed by atoms with Crippen molar-refractivity contribution in [3.8, 4) is 0 Å². The standard InChI is InChI=1S/C7H10ClNO/c8-7(10)2-1-5-9-6-3-4-6/h1-2,6,9H,3-5H2/b2-1+. The zero-order valence-corrected chi connectivity index (χ0v) is 6.40. The van der Waals surface area contributed by atoms with E-state index in [2.05, 4.69) is 5.32 Å². The summed E-state index contributed by atoms with van der Waals surface area (Å²) in [5.74, 6) is 0. The Balaban J connectivity index is 1.97. The van der Waals surface area contributed by atoms with Crippen molar-refractivity contribution in [1.82, 2.24) is 5.32 Å². The molecule has 1 aliphatic carbocycles. The predicted octanol–water partition coefficient (Wildman–Crippen LogP) is 1.06. The summed E-state index contributed by atoms with van der Waals surface area (Å²) in [6, 6.07) is 0.690. The van der Waals surface area contributed by atoms with E-state index in [1.807, 2.05) is 0 Å². The summed E-state index contributed by atoms with van der Waals surface area (Å²) in [4.78, 5) is 10.2. The summed E-state index contributed by atoms with van der Waals surface area (Å²) in [5.41, 5.74) is 0. The Morgan fingerprint density at radius 2 is 2.40 bits per heavy atom. The highest BCUT2D eigenvalue weighted by Crippen LogP contribution is 2.17. The molecule has 0 radical (unpaired) electrons. The van der Waals surface area contributed by atoms with Gasteiger partial charge in [-0.3, -0.25) is 4.79 Å². The molecule has 10 heavy (non-hydrogen) atoms. The molecule has 0 saturated heterocycles. The smallest absolute Gasteiger partial charge is 0.244 e. The van der Waals surface area contributed by atoms with E-state index in [0.717, 1.165) is 6.54 Å². The van der Waals surface area contributed by atoms with Crippen molar-refractivity contribution in [3.05, 3.63) is 12.2 Å². The van der Waals surface area contributed by atoms with Gasteiger partial charge in [0, 0.05) is 12.6 Å². The van der Waals surface area contributed by atoms with Crippen LogP contribution in [0.25, 0.3) is 0 Å². The first-order valence-electron chi connectivity index (χ1n) is 3.38. The van der Waals surface area contributed by atoms with Gasteiger partial charge in [-0.25, -0.2) is 0 Å². The summed E-state index contributed by atoms with van der Waals surface area (Å²) in [6.45, 7) is 0.753. The Labute approximate surface area is 65.2 Å². The van der Waals surface area contributed by atoms with Gasteiger partial charge in [0.15, 0.2) is 0 Å². The van der Waals surface area contributed by atoms with Gasteiger partial charge in [0.2, 0.25) is 5.24 Å². The minimum absolute atomic E-state index is 0.405. The second-order valence-corrected chi connectivity index (χ2v) is 2.76. The molecule has 1 rings (SSSR count). The third-order valence-electron chi connectivity index (χ3n) is 1.35. The summed E-state index contributed by atoms with van der Waals surface area (Å²) in [6.07, 6.45) is 5.65. The molecular weight excluding hydrogens is 150 g/mol. The third-order valence-corrected chi connectivity index (χ3v) is 1.48. The first kappa shape index (κ1) is 7.76. The highest BCUT2D eigenvalue weighted by atomic mass is 35.5. The highest BCUT2D eigenvalue weighted by molar-refractivity contribution is 6.66. The molecule has 0 atom stereocenters. The van der Waals surface area contributed by atoms with Crippen LogP contribution in [-0.2, 0) is 4.79 Å². The Bertz CT molecular complexity index is 152. The van der Waals surface area contributed by atoms with Crippen LogP contribution in [0.1, 0.15) is 12.8 Å². The van der Waals surface area contributed by atoms with E-state index in [1.165, 1.54) is 18.9 Å². The average molecular weight is 160 g/mol. The van der Waals surface area contributed by atoms with Crippen LogP contribution in [0.3, 0.4) is 0 Å². The van der Waals surface area contributed by atoms with Crippen LogP contribution >= 0.6 is 11.6 Å². The van der Waals surface area contributed by atoms with Gasteiger partial charge in [-0.2, -0.15) is 0 Å². The number of carbonyl (C=O) groups is 1. The van der Waals surface area contributed by atoms with Gasteiger partial charge in [0.05, 0.1) is 0 Å². The molecule has 56 valence electrons. The van der Waals surface area contributed by atoms with E-state index in [9.17, 15) is 4.79 Å². The molecule has 0 aliphatic heterocycles. The van der Waals surface area contributed by atoms with E-state index in [0.29, 0.717) is 6.04 Å². The summed E-state index contributed by atoms with van der Waals surface area (Å²) < 4.78 is 0. The fraction of sp³-hybridized carbons (Fsp3) is 0.571. The quantitative estimate of drug-likeness (QED) is 0.491. The van der Waals surface area contributed by atoms with E-state index in [-0.39, 0.29) is 0 Å². The highest BCUT2D eigenvalue weighted by Gasteiger charge is 2.18. The Kier molecular flexibility index (Phi) is 2.90. The van der Waals surface area contributed by atoms with Crippen LogP contribution in [0, 0.1) is 0 Å². The van der Waals surface area contributed by atoms with Crippen molar-refractivity contribution in [2.75, 3.05) is 6.54 Å². The lowest BCUT2D eigenvalue weighted by Gasteiger charge is -1.92. The molecule has 1 fully saturated rings. The summed E-state index contributed by atoms with van der Waals surface area (Å²) in [5, 5.41) is 2.81. The fourth-order valence-electron chi connectivity index (χ4n) is 0.674. The maximum Gasteiger partial charge on any atom is 0.244 e. The lowest BCUT2D eigenvalue weighted by Crippen LogP contribution is -2.15. The number of nitrogens with one attached hydrogen (secondary N) is 1. The lowest BCUT2D eigenvalue weighted by atomic mass is 10.5. The molecule has 0 aromatic rings. The van der Waals surface area contributed by atoms with Crippen LogP contribution in [0.15, 0.2) is 12.2 Å². The maximum absolute atomic E-state index is 10.2. The van der Waals surface area contributed by atoms with Crippen molar-refractivity contribution in [2.24, 2.45) is 0 Å². The monoisotopic (exact) mass is 159 g/mol. The van der Waals surface area contributed by atoms with Crippen LogP contribution in [0.2, 0.25) is 0 Å². The molecule has 1 aliphatic rings. The second kappa shape index (κ2) is 3.74. The molecule has 0 amide bonds.